The fraction of sp³-hybridized carbons (Fsp3) is 0.462. The van der Waals surface area contributed by atoms with Crippen molar-refractivity contribution in [3.05, 3.63) is 23.8 Å². The molecule has 0 saturated carbocycles. The number of hydrogen-bond donors (Lipinski definition) is 2. The minimum Gasteiger partial charge on any atom is -0.465 e. The second-order valence-corrected chi connectivity index (χ2v) is 4.45. The number of piperidine rings is 1. The summed E-state index contributed by atoms with van der Waals surface area (Å²) < 4.78 is 4.70. The summed E-state index contributed by atoms with van der Waals surface area (Å²) in [6.45, 7) is 2.05. The molecule has 0 amide bonds. The highest BCUT2D eigenvalue weighted by molar-refractivity contribution is 5.96. The number of esters is 1. The van der Waals surface area contributed by atoms with Crippen LogP contribution < -0.4 is 11.2 Å². The molecule has 3 N–H and O–H groups in total. The Morgan fingerprint density at radius 3 is 2.72 bits per heavy atom. The summed E-state index contributed by atoms with van der Waals surface area (Å²) in [7, 11) is 1.35. The fourth-order valence-corrected chi connectivity index (χ4v) is 2.10. The van der Waals surface area contributed by atoms with Crippen LogP contribution in [-0.4, -0.2) is 31.2 Å². The summed E-state index contributed by atoms with van der Waals surface area (Å²) in [6, 6.07) is 5.32. The standard InChI is InChI=1S/C13H19N3O2/c1-18-13(17)11-9-10(5-6-12(11)14)15-16-7-3-2-4-8-16/h5-6,9,15H,2-4,7-8,14H2,1H3. The molecular weight excluding hydrogens is 230 g/mol. The summed E-state index contributed by atoms with van der Waals surface area (Å²) in [5.41, 5.74) is 10.8. The van der Waals surface area contributed by atoms with Gasteiger partial charge in [0.15, 0.2) is 0 Å². The maximum absolute atomic E-state index is 11.5. The molecule has 0 bridgehead atoms. The van der Waals surface area contributed by atoms with Crippen LogP contribution in [0.25, 0.3) is 0 Å². The van der Waals surface area contributed by atoms with Gasteiger partial charge in [-0.15, -0.1) is 0 Å². The van der Waals surface area contributed by atoms with Crippen LogP contribution in [0.15, 0.2) is 18.2 Å². The van der Waals surface area contributed by atoms with E-state index in [-0.39, 0.29) is 0 Å². The SMILES string of the molecule is COC(=O)c1cc(NN2CCCCC2)ccc1N. The largest absolute Gasteiger partial charge is 0.465 e. The Hall–Kier alpha value is -1.75. The van der Waals surface area contributed by atoms with Crippen LogP contribution in [0.3, 0.4) is 0 Å². The zero-order valence-corrected chi connectivity index (χ0v) is 10.6. The van der Waals surface area contributed by atoms with Gasteiger partial charge in [0.1, 0.15) is 0 Å². The highest BCUT2D eigenvalue weighted by Gasteiger charge is 2.13. The van der Waals surface area contributed by atoms with Crippen molar-refractivity contribution in [2.75, 3.05) is 31.4 Å². The van der Waals surface area contributed by atoms with Gasteiger partial charge in [0.25, 0.3) is 0 Å². The first kappa shape index (κ1) is 12.7. The molecule has 1 aliphatic heterocycles. The normalized spacial score (nSPS) is 16.3. The highest BCUT2D eigenvalue weighted by atomic mass is 16.5. The molecule has 5 nitrogen and oxygen atoms in total. The van der Waals surface area contributed by atoms with E-state index in [1.807, 2.05) is 6.07 Å². The van der Waals surface area contributed by atoms with Crippen molar-refractivity contribution < 1.29 is 9.53 Å². The maximum atomic E-state index is 11.5. The minimum atomic E-state index is -0.408. The number of carbonyl (C=O) groups excluding carboxylic acids is 1. The van der Waals surface area contributed by atoms with Crippen molar-refractivity contribution in [2.45, 2.75) is 19.3 Å². The zero-order valence-electron chi connectivity index (χ0n) is 10.6. The molecule has 1 saturated heterocycles. The Balaban J connectivity index is 2.11. The number of nitrogen functional groups attached to an aromatic ring is 1. The molecule has 0 unspecified atom stereocenters. The van der Waals surface area contributed by atoms with E-state index >= 15 is 0 Å². The van der Waals surface area contributed by atoms with Crippen LogP contribution in [0.1, 0.15) is 29.6 Å². The number of nitrogens with two attached hydrogens (primary N) is 1. The molecule has 0 spiro atoms. The summed E-state index contributed by atoms with van der Waals surface area (Å²) in [6.07, 6.45) is 3.69. The van der Waals surface area contributed by atoms with Gasteiger partial charge in [0, 0.05) is 24.5 Å². The Bertz CT molecular complexity index is 428. The van der Waals surface area contributed by atoms with Gasteiger partial charge in [-0.1, -0.05) is 6.42 Å². The lowest BCUT2D eigenvalue weighted by molar-refractivity contribution is 0.0602. The molecule has 0 aromatic heterocycles. The lowest BCUT2D eigenvalue weighted by atomic mass is 10.1. The molecule has 0 atom stereocenters. The van der Waals surface area contributed by atoms with Gasteiger partial charge >= 0.3 is 5.97 Å². The number of nitrogens with zero attached hydrogens (tertiary/aromatic N) is 1. The van der Waals surface area contributed by atoms with Gasteiger partial charge < -0.3 is 15.9 Å². The zero-order chi connectivity index (χ0) is 13.0. The van der Waals surface area contributed by atoms with Gasteiger partial charge in [-0.3, -0.25) is 0 Å². The molecule has 5 heteroatoms. The van der Waals surface area contributed by atoms with Crippen molar-refractivity contribution in [1.29, 1.82) is 0 Å². The van der Waals surface area contributed by atoms with Crippen molar-refractivity contribution in [2.24, 2.45) is 0 Å². The first-order chi connectivity index (χ1) is 8.70. The molecule has 98 valence electrons. The quantitative estimate of drug-likeness (QED) is 0.632. The van der Waals surface area contributed by atoms with Crippen LogP contribution in [0.4, 0.5) is 11.4 Å². The average Bonchev–Trinajstić information content (AvgIpc) is 2.41. The molecule has 1 heterocycles. The first-order valence-electron chi connectivity index (χ1n) is 6.20. The molecular formula is C13H19N3O2. The van der Waals surface area contributed by atoms with Crippen LogP contribution in [-0.2, 0) is 4.74 Å². The lowest BCUT2D eigenvalue weighted by Gasteiger charge is -2.28. The summed E-state index contributed by atoms with van der Waals surface area (Å²) in [5, 5.41) is 2.16. The van der Waals surface area contributed by atoms with Gasteiger partial charge in [0.2, 0.25) is 0 Å². The van der Waals surface area contributed by atoms with Crippen molar-refractivity contribution in [3.8, 4) is 0 Å². The smallest absolute Gasteiger partial charge is 0.340 e. The lowest BCUT2D eigenvalue weighted by Crippen LogP contribution is -2.34. The van der Waals surface area contributed by atoms with E-state index in [9.17, 15) is 4.79 Å². The van der Waals surface area contributed by atoms with Gasteiger partial charge in [-0.2, -0.15) is 0 Å². The number of nitrogens with one attached hydrogen (secondary N) is 1. The monoisotopic (exact) mass is 249 g/mol. The van der Waals surface area contributed by atoms with Crippen molar-refractivity contribution in [1.82, 2.24) is 5.01 Å². The molecule has 0 radical (unpaired) electrons. The molecule has 1 aromatic carbocycles. The second kappa shape index (κ2) is 5.73. The fourth-order valence-electron chi connectivity index (χ4n) is 2.10. The van der Waals surface area contributed by atoms with E-state index in [2.05, 4.69) is 10.4 Å². The van der Waals surface area contributed by atoms with Crippen molar-refractivity contribution >= 4 is 17.3 Å². The second-order valence-electron chi connectivity index (χ2n) is 4.45. The molecule has 2 rings (SSSR count). The predicted octanol–water partition coefficient (Wildman–Crippen LogP) is 1.87. The number of benzene rings is 1. The van der Waals surface area contributed by atoms with Crippen LogP contribution in [0.2, 0.25) is 0 Å². The first-order valence-corrected chi connectivity index (χ1v) is 6.20. The third kappa shape index (κ3) is 2.92. The highest BCUT2D eigenvalue weighted by Crippen LogP contribution is 2.20. The number of anilines is 2. The average molecular weight is 249 g/mol. The summed E-state index contributed by atoms with van der Waals surface area (Å²) >= 11 is 0. The number of ether oxygens (including phenoxy) is 1. The van der Waals surface area contributed by atoms with E-state index in [0.717, 1.165) is 18.8 Å². The van der Waals surface area contributed by atoms with Gasteiger partial charge in [-0.05, 0) is 31.0 Å². The summed E-state index contributed by atoms with van der Waals surface area (Å²) in [5.74, 6) is -0.408. The van der Waals surface area contributed by atoms with Gasteiger partial charge in [0.05, 0.1) is 12.7 Å². The Morgan fingerprint density at radius 1 is 1.33 bits per heavy atom. The maximum Gasteiger partial charge on any atom is 0.340 e. The number of hydrogen-bond acceptors (Lipinski definition) is 5. The van der Waals surface area contributed by atoms with E-state index < -0.39 is 5.97 Å². The topological polar surface area (TPSA) is 67.6 Å². The van der Waals surface area contributed by atoms with Crippen LogP contribution in [0, 0.1) is 0 Å². The van der Waals surface area contributed by atoms with Crippen molar-refractivity contribution in [3.63, 3.8) is 0 Å². The van der Waals surface area contributed by atoms with Crippen LogP contribution in [0.5, 0.6) is 0 Å². The molecule has 1 aliphatic rings. The molecule has 0 aliphatic carbocycles. The molecule has 1 aromatic rings. The Morgan fingerprint density at radius 2 is 2.06 bits per heavy atom. The Labute approximate surface area is 107 Å². The third-order valence-electron chi connectivity index (χ3n) is 3.10. The number of carbonyl (C=O) groups is 1. The number of rotatable bonds is 3. The number of hydrazine groups is 1. The third-order valence-corrected chi connectivity index (χ3v) is 3.10. The predicted molar refractivity (Wildman–Crippen MR) is 71.2 cm³/mol. The molecule has 1 fully saturated rings. The van der Waals surface area contributed by atoms with Gasteiger partial charge in [-0.25, -0.2) is 9.80 Å². The van der Waals surface area contributed by atoms with Crippen LogP contribution >= 0.6 is 0 Å². The van der Waals surface area contributed by atoms with E-state index in [1.165, 1.54) is 26.4 Å². The van der Waals surface area contributed by atoms with E-state index in [4.69, 9.17) is 10.5 Å². The summed E-state index contributed by atoms with van der Waals surface area (Å²) in [4.78, 5) is 11.5. The van der Waals surface area contributed by atoms with E-state index in [1.54, 1.807) is 12.1 Å². The molecule has 18 heavy (non-hydrogen) atoms. The number of methoxy groups -OCH3 is 1. The minimum absolute atomic E-state index is 0.402. The Kier molecular flexibility index (Phi) is 4.04. The van der Waals surface area contributed by atoms with E-state index in [0.29, 0.717) is 11.3 Å².